The lowest BCUT2D eigenvalue weighted by Gasteiger charge is -2.30. The molecule has 1 saturated carbocycles. The van der Waals surface area contributed by atoms with Gasteiger partial charge in [0.2, 0.25) is 0 Å². The molecule has 1 unspecified atom stereocenters. The van der Waals surface area contributed by atoms with Gasteiger partial charge in [-0.3, -0.25) is 0 Å². The van der Waals surface area contributed by atoms with Gasteiger partial charge in [0, 0.05) is 12.1 Å². The molecule has 100 valence electrons. The second kappa shape index (κ2) is 6.94. The molecule has 0 spiro atoms. The summed E-state index contributed by atoms with van der Waals surface area (Å²) in [5, 5.41) is 3.93. The predicted molar refractivity (Wildman–Crippen MR) is 78.6 cm³/mol. The van der Waals surface area contributed by atoms with Crippen LogP contribution in [0.2, 0.25) is 0 Å². The summed E-state index contributed by atoms with van der Waals surface area (Å²) < 4.78 is 0. The molecule has 1 aromatic rings. The Labute approximate surface area is 112 Å². The third kappa shape index (κ3) is 3.35. The van der Waals surface area contributed by atoms with Crippen LogP contribution in [0.5, 0.6) is 0 Å². The first-order valence-electron chi connectivity index (χ1n) is 7.66. The Balaban J connectivity index is 2.11. The quantitative estimate of drug-likeness (QED) is 0.766. The maximum absolute atomic E-state index is 3.93. The number of hydrogen-bond acceptors (Lipinski definition) is 1. The normalized spacial score (nSPS) is 18.4. The highest BCUT2D eigenvalue weighted by Crippen LogP contribution is 2.30. The SMILES string of the molecule is CCC(CC)C(NC1CCCC1)c1ccccc1. The van der Waals surface area contributed by atoms with Crippen molar-refractivity contribution in [3.8, 4) is 0 Å². The van der Waals surface area contributed by atoms with Crippen molar-refractivity contribution in [3.05, 3.63) is 35.9 Å². The Morgan fingerprint density at radius 2 is 1.67 bits per heavy atom. The molecule has 1 aromatic carbocycles. The van der Waals surface area contributed by atoms with Crippen molar-refractivity contribution in [2.24, 2.45) is 5.92 Å². The molecular weight excluding hydrogens is 218 g/mol. The average molecular weight is 245 g/mol. The summed E-state index contributed by atoms with van der Waals surface area (Å²) in [4.78, 5) is 0. The fourth-order valence-corrected chi connectivity index (χ4v) is 3.27. The van der Waals surface area contributed by atoms with Crippen molar-refractivity contribution in [2.45, 2.75) is 64.5 Å². The first-order valence-corrected chi connectivity index (χ1v) is 7.66. The van der Waals surface area contributed by atoms with Crippen LogP contribution >= 0.6 is 0 Å². The topological polar surface area (TPSA) is 12.0 Å². The highest BCUT2D eigenvalue weighted by Gasteiger charge is 2.24. The average Bonchev–Trinajstić information content (AvgIpc) is 2.93. The summed E-state index contributed by atoms with van der Waals surface area (Å²) in [6.07, 6.45) is 8.06. The van der Waals surface area contributed by atoms with Crippen molar-refractivity contribution in [1.82, 2.24) is 5.32 Å². The van der Waals surface area contributed by atoms with Crippen molar-refractivity contribution < 1.29 is 0 Å². The summed E-state index contributed by atoms with van der Waals surface area (Å²) in [7, 11) is 0. The van der Waals surface area contributed by atoms with Gasteiger partial charge in [-0.15, -0.1) is 0 Å². The first kappa shape index (κ1) is 13.6. The number of hydrogen-bond donors (Lipinski definition) is 1. The van der Waals surface area contributed by atoms with Crippen LogP contribution in [0.4, 0.5) is 0 Å². The molecule has 1 aliphatic rings. The largest absolute Gasteiger partial charge is 0.307 e. The number of benzene rings is 1. The molecule has 0 aromatic heterocycles. The van der Waals surface area contributed by atoms with Gasteiger partial charge in [-0.25, -0.2) is 0 Å². The zero-order valence-electron chi connectivity index (χ0n) is 11.9. The van der Waals surface area contributed by atoms with Crippen LogP contribution in [0.1, 0.15) is 64.0 Å². The van der Waals surface area contributed by atoms with Crippen LogP contribution in [0.3, 0.4) is 0 Å². The molecule has 2 rings (SSSR count). The van der Waals surface area contributed by atoms with Crippen LogP contribution in [0, 0.1) is 5.92 Å². The molecule has 0 heterocycles. The van der Waals surface area contributed by atoms with Crippen LogP contribution in [0.25, 0.3) is 0 Å². The van der Waals surface area contributed by atoms with Crippen LogP contribution in [0.15, 0.2) is 30.3 Å². The standard InChI is InChI=1S/C17H27N/c1-3-14(4-2)17(15-10-6-5-7-11-15)18-16-12-8-9-13-16/h5-7,10-11,14,16-18H,3-4,8-9,12-13H2,1-2H3. The monoisotopic (exact) mass is 245 g/mol. The molecule has 1 nitrogen and oxygen atoms in total. The second-order valence-corrected chi connectivity index (χ2v) is 5.61. The molecule has 0 amide bonds. The fourth-order valence-electron chi connectivity index (χ4n) is 3.27. The Kier molecular flexibility index (Phi) is 5.25. The molecule has 18 heavy (non-hydrogen) atoms. The van der Waals surface area contributed by atoms with Crippen molar-refractivity contribution in [2.75, 3.05) is 0 Å². The van der Waals surface area contributed by atoms with Crippen LogP contribution < -0.4 is 5.32 Å². The maximum atomic E-state index is 3.93. The molecule has 1 fully saturated rings. The van der Waals surface area contributed by atoms with Gasteiger partial charge in [0.1, 0.15) is 0 Å². The molecule has 1 heteroatoms. The third-order valence-corrected chi connectivity index (χ3v) is 4.45. The molecule has 1 N–H and O–H groups in total. The van der Waals surface area contributed by atoms with Crippen LogP contribution in [-0.2, 0) is 0 Å². The summed E-state index contributed by atoms with van der Waals surface area (Å²) >= 11 is 0. The minimum absolute atomic E-state index is 0.546. The van der Waals surface area contributed by atoms with Gasteiger partial charge in [-0.05, 0) is 24.3 Å². The Hall–Kier alpha value is -0.820. The van der Waals surface area contributed by atoms with Gasteiger partial charge in [0.15, 0.2) is 0 Å². The zero-order valence-corrected chi connectivity index (χ0v) is 11.9. The van der Waals surface area contributed by atoms with E-state index in [9.17, 15) is 0 Å². The highest BCUT2D eigenvalue weighted by atomic mass is 15.0. The van der Waals surface area contributed by atoms with E-state index in [1.165, 1.54) is 44.1 Å². The number of rotatable bonds is 6. The minimum atomic E-state index is 0.546. The zero-order chi connectivity index (χ0) is 12.8. The van der Waals surface area contributed by atoms with Crippen molar-refractivity contribution in [3.63, 3.8) is 0 Å². The van der Waals surface area contributed by atoms with E-state index < -0.39 is 0 Å². The molecule has 1 aliphatic carbocycles. The molecule has 1 atom stereocenters. The van der Waals surface area contributed by atoms with Gasteiger partial charge < -0.3 is 5.32 Å². The van der Waals surface area contributed by atoms with E-state index in [-0.39, 0.29) is 0 Å². The van der Waals surface area contributed by atoms with Crippen molar-refractivity contribution in [1.29, 1.82) is 0 Å². The van der Waals surface area contributed by atoms with Gasteiger partial charge in [0.25, 0.3) is 0 Å². The smallest absolute Gasteiger partial charge is 0.0350 e. The van der Waals surface area contributed by atoms with Gasteiger partial charge in [-0.2, -0.15) is 0 Å². The van der Waals surface area contributed by atoms with Gasteiger partial charge in [-0.1, -0.05) is 69.9 Å². The van der Waals surface area contributed by atoms with E-state index in [0.29, 0.717) is 6.04 Å². The number of nitrogens with one attached hydrogen (secondary N) is 1. The third-order valence-electron chi connectivity index (χ3n) is 4.45. The lowest BCUT2D eigenvalue weighted by Crippen LogP contribution is -2.35. The summed E-state index contributed by atoms with van der Waals surface area (Å²) in [6.45, 7) is 4.64. The molecule has 0 saturated heterocycles. The van der Waals surface area contributed by atoms with Crippen molar-refractivity contribution >= 4 is 0 Å². The highest BCUT2D eigenvalue weighted by molar-refractivity contribution is 5.20. The molecule has 0 bridgehead atoms. The van der Waals surface area contributed by atoms with Crippen LogP contribution in [-0.4, -0.2) is 6.04 Å². The van der Waals surface area contributed by atoms with E-state index in [0.717, 1.165) is 12.0 Å². The Morgan fingerprint density at radius 3 is 2.22 bits per heavy atom. The lowest BCUT2D eigenvalue weighted by atomic mass is 9.88. The van der Waals surface area contributed by atoms with Gasteiger partial charge >= 0.3 is 0 Å². The maximum Gasteiger partial charge on any atom is 0.0350 e. The first-order chi connectivity index (χ1) is 8.85. The fraction of sp³-hybridized carbons (Fsp3) is 0.647. The van der Waals surface area contributed by atoms with E-state index in [4.69, 9.17) is 0 Å². The minimum Gasteiger partial charge on any atom is -0.307 e. The molecular formula is C17H27N. The van der Waals surface area contributed by atoms with E-state index in [1.54, 1.807) is 0 Å². The lowest BCUT2D eigenvalue weighted by molar-refractivity contribution is 0.308. The Morgan fingerprint density at radius 1 is 1.06 bits per heavy atom. The van der Waals surface area contributed by atoms with E-state index in [2.05, 4.69) is 49.5 Å². The predicted octanol–water partition coefficient (Wildman–Crippen LogP) is 4.70. The molecule has 0 radical (unpaired) electrons. The summed E-state index contributed by atoms with van der Waals surface area (Å²) in [5.74, 6) is 0.757. The summed E-state index contributed by atoms with van der Waals surface area (Å²) in [5.41, 5.74) is 1.47. The molecule has 0 aliphatic heterocycles. The summed E-state index contributed by atoms with van der Waals surface area (Å²) in [6, 6.07) is 12.3. The Bertz CT molecular complexity index is 323. The second-order valence-electron chi connectivity index (χ2n) is 5.61. The van der Waals surface area contributed by atoms with Gasteiger partial charge in [0.05, 0.1) is 0 Å². The van der Waals surface area contributed by atoms with E-state index >= 15 is 0 Å². The van der Waals surface area contributed by atoms with E-state index in [1.807, 2.05) is 0 Å².